The van der Waals surface area contributed by atoms with Crippen LogP contribution in [0.25, 0.3) is 10.9 Å². The van der Waals surface area contributed by atoms with Crippen LogP contribution in [0.4, 0.5) is 0 Å². The molecule has 1 aromatic carbocycles. The van der Waals surface area contributed by atoms with Gasteiger partial charge in [-0.3, -0.25) is 0 Å². The Morgan fingerprint density at radius 2 is 1.32 bits per heavy atom. The van der Waals surface area contributed by atoms with E-state index in [1.807, 2.05) is 0 Å². The van der Waals surface area contributed by atoms with E-state index in [-0.39, 0.29) is 17.0 Å². The van der Waals surface area contributed by atoms with Crippen LogP contribution >= 0.6 is 0 Å². The minimum atomic E-state index is 0. The van der Waals surface area contributed by atoms with Crippen molar-refractivity contribution in [2.24, 2.45) is 5.92 Å². The number of hydrogen-bond donors (Lipinski definition) is 0. The summed E-state index contributed by atoms with van der Waals surface area (Å²) in [6, 6.07) is 11.2. The van der Waals surface area contributed by atoms with Crippen LogP contribution in [0.15, 0.2) is 36.5 Å². The molecule has 1 unspecified atom stereocenters. The van der Waals surface area contributed by atoms with Crippen LogP contribution in [-0.2, 0) is 6.54 Å². The molecule has 1 nitrogen and oxygen atoms in total. The number of hydrogen-bond acceptors (Lipinski definition) is 0. The molecule has 0 bridgehead atoms. The standard InChI is InChI=1S/C26H42N.BrH/c1-4-6-8-10-11-13-17-24(16-12-9-7-5-2)22-27-21-20-23(3)25-18-14-15-19-26(25)27;/h14-15,18-21,24H,4-13,16-17,22H2,1-3H3;1H/q+1;/p-1. The van der Waals surface area contributed by atoms with Crippen LogP contribution in [-0.4, -0.2) is 0 Å². The number of benzene rings is 1. The molecule has 1 atom stereocenters. The Hall–Kier alpha value is -0.890. The lowest BCUT2D eigenvalue weighted by Crippen LogP contribution is -3.00. The van der Waals surface area contributed by atoms with Gasteiger partial charge in [0.05, 0.1) is 0 Å². The molecule has 28 heavy (non-hydrogen) atoms. The highest BCUT2D eigenvalue weighted by atomic mass is 79.9. The van der Waals surface area contributed by atoms with Crippen molar-refractivity contribution in [3.05, 3.63) is 42.1 Å². The molecule has 1 heterocycles. The topological polar surface area (TPSA) is 3.88 Å². The highest BCUT2D eigenvalue weighted by Crippen LogP contribution is 2.21. The van der Waals surface area contributed by atoms with Crippen LogP contribution in [0.5, 0.6) is 0 Å². The molecule has 0 aliphatic rings. The van der Waals surface area contributed by atoms with Gasteiger partial charge in [-0.25, -0.2) is 0 Å². The zero-order valence-electron chi connectivity index (χ0n) is 18.6. The summed E-state index contributed by atoms with van der Waals surface area (Å²) in [4.78, 5) is 0. The van der Waals surface area contributed by atoms with Crippen molar-refractivity contribution in [3.63, 3.8) is 0 Å². The number of nitrogens with zero attached hydrogens (tertiary/aromatic N) is 1. The molecule has 2 rings (SSSR count). The van der Waals surface area contributed by atoms with E-state index in [2.05, 4.69) is 61.9 Å². The molecule has 0 N–H and O–H groups in total. The third kappa shape index (κ3) is 8.64. The third-order valence-electron chi connectivity index (χ3n) is 6.03. The van der Waals surface area contributed by atoms with Gasteiger partial charge in [-0.15, -0.1) is 0 Å². The average Bonchev–Trinajstić information content (AvgIpc) is 2.69. The van der Waals surface area contributed by atoms with Gasteiger partial charge in [0.1, 0.15) is 0 Å². The van der Waals surface area contributed by atoms with E-state index in [1.165, 1.54) is 100 Å². The maximum Gasteiger partial charge on any atom is 0.212 e. The van der Waals surface area contributed by atoms with Crippen molar-refractivity contribution in [1.82, 2.24) is 0 Å². The Balaban J connectivity index is 0.00000392. The number of aryl methyl sites for hydroxylation is 1. The molecule has 158 valence electrons. The van der Waals surface area contributed by atoms with Crippen LogP contribution < -0.4 is 21.5 Å². The van der Waals surface area contributed by atoms with Gasteiger partial charge in [0, 0.05) is 23.4 Å². The van der Waals surface area contributed by atoms with Gasteiger partial charge in [0.15, 0.2) is 12.7 Å². The number of fused-ring (bicyclic) bond motifs is 1. The SMILES string of the molecule is CCCCCCCCC(CCCCCC)C[n+]1ccc(C)c2ccccc21.[Br-]. The molecule has 2 heteroatoms. The van der Waals surface area contributed by atoms with Crippen LogP contribution in [0.3, 0.4) is 0 Å². The van der Waals surface area contributed by atoms with Gasteiger partial charge in [-0.1, -0.05) is 90.2 Å². The van der Waals surface area contributed by atoms with Crippen molar-refractivity contribution in [1.29, 1.82) is 0 Å². The van der Waals surface area contributed by atoms with Crippen molar-refractivity contribution in [3.8, 4) is 0 Å². The maximum absolute atomic E-state index is 2.52. The lowest BCUT2D eigenvalue weighted by molar-refractivity contribution is -0.678. The van der Waals surface area contributed by atoms with Crippen molar-refractivity contribution in [2.45, 2.75) is 104 Å². The maximum atomic E-state index is 2.52. The Morgan fingerprint density at radius 3 is 2.00 bits per heavy atom. The number of aromatic nitrogens is 1. The molecular formula is C26H42BrN. The Bertz CT molecular complexity index is 652. The largest absolute Gasteiger partial charge is 1.00 e. The summed E-state index contributed by atoms with van der Waals surface area (Å²) in [7, 11) is 0. The number of rotatable bonds is 14. The first-order valence-electron chi connectivity index (χ1n) is 11.6. The summed E-state index contributed by atoms with van der Waals surface area (Å²) >= 11 is 0. The predicted octanol–water partition coefficient (Wildman–Crippen LogP) is 4.78. The first-order chi connectivity index (χ1) is 13.3. The van der Waals surface area contributed by atoms with Gasteiger partial charge < -0.3 is 17.0 Å². The Morgan fingerprint density at radius 1 is 0.750 bits per heavy atom. The van der Waals surface area contributed by atoms with Crippen molar-refractivity contribution in [2.75, 3.05) is 0 Å². The van der Waals surface area contributed by atoms with E-state index in [0.717, 1.165) is 5.92 Å². The molecule has 0 radical (unpaired) electrons. The second-order valence-electron chi connectivity index (χ2n) is 8.44. The fraction of sp³-hybridized carbons (Fsp3) is 0.654. The minimum Gasteiger partial charge on any atom is -1.00 e. The molecule has 0 aliphatic carbocycles. The summed E-state index contributed by atoms with van der Waals surface area (Å²) in [5, 5.41) is 1.41. The van der Waals surface area contributed by atoms with E-state index in [0.29, 0.717) is 0 Å². The lowest BCUT2D eigenvalue weighted by atomic mass is 9.93. The van der Waals surface area contributed by atoms with Crippen molar-refractivity contribution < 1.29 is 21.5 Å². The predicted molar refractivity (Wildman–Crippen MR) is 119 cm³/mol. The van der Waals surface area contributed by atoms with E-state index in [4.69, 9.17) is 0 Å². The van der Waals surface area contributed by atoms with Gasteiger partial charge >= 0.3 is 0 Å². The quantitative estimate of drug-likeness (QED) is 0.289. The van der Waals surface area contributed by atoms with Crippen LogP contribution in [0.2, 0.25) is 0 Å². The first kappa shape index (κ1) is 25.1. The average molecular weight is 449 g/mol. The highest BCUT2D eigenvalue weighted by Gasteiger charge is 2.17. The van der Waals surface area contributed by atoms with Gasteiger partial charge in [-0.2, -0.15) is 4.57 Å². The molecule has 0 saturated carbocycles. The molecule has 0 aliphatic heterocycles. The highest BCUT2D eigenvalue weighted by molar-refractivity contribution is 5.78. The van der Waals surface area contributed by atoms with Crippen LogP contribution in [0.1, 0.15) is 96.5 Å². The van der Waals surface area contributed by atoms with E-state index < -0.39 is 0 Å². The number of halogens is 1. The molecule has 0 amide bonds. The first-order valence-corrected chi connectivity index (χ1v) is 11.6. The second-order valence-corrected chi connectivity index (χ2v) is 8.44. The lowest BCUT2D eigenvalue weighted by Gasteiger charge is -2.15. The molecular weight excluding hydrogens is 406 g/mol. The van der Waals surface area contributed by atoms with Crippen molar-refractivity contribution >= 4 is 10.9 Å². The monoisotopic (exact) mass is 447 g/mol. The number of pyridine rings is 1. The van der Waals surface area contributed by atoms with E-state index in [1.54, 1.807) is 0 Å². The summed E-state index contributed by atoms with van der Waals surface area (Å²) < 4.78 is 2.52. The smallest absolute Gasteiger partial charge is 0.212 e. The number of para-hydroxylation sites is 1. The zero-order valence-corrected chi connectivity index (χ0v) is 20.1. The second kappa shape index (κ2) is 15.0. The fourth-order valence-corrected chi connectivity index (χ4v) is 4.27. The van der Waals surface area contributed by atoms with E-state index in [9.17, 15) is 0 Å². The molecule has 1 aromatic heterocycles. The molecule has 0 fully saturated rings. The van der Waals surface area contributed by atoms with Crippen LogP contribution in [0, 0.1) is 12.8 Å². The molecule has 0 spiro atoms. The zero-order chi connectivity index (χ0) is 19.3. The summed E-state index contributed by atoms with van der Waals surface area (Å²) in [5.41, 5.74) is 2.79. The third-order valence-corrected chi connectivity index (χ3v) is 6.03. The van der Waals surface area contributed by atoms with Gasteiger partial charge in [0.25, 0.3) is 0 Å². The molecule has 2 aromatic rings. The fourth-order valence-electron chi connectivity index (χ4n) is 4.27. The Labute approximate surface area is 184 Å². The molecule has 0 saturated heterocycles. The summed E-state index contributed by atoms with van der Waals surface area (Å²) in [6.45, 7) is 8.02. The summed E-state index contributed by atoms with van der Waals surface area (Å²) in [6.07, 6.45) is 19.1. The normalized spacial score (nSPS) is 12.1. The Kier molecular flexibility index (Phi) is 13.5. The van der Waals surface area contributed by atoms with E-state index >= 15 is 0 Å². The van der Waals surface area contributed by atoms with Gasteiger partial charge in [-0.05, 0) is 31.4 Å². The summed E-state index contributed by atoms with van der Waals surface area (Å²) in [5.74, 6) is 0.823. The minimum absolute atomic E-state index is 0. The number of unbranched alkanes of at least 4 members (excludes halogenated alkanes) is 8. The van der Waals surface area contributed by atoms with Gasteiger partial charge in [0.2, 0.25) is 5.52 Å².